The van der Waals surface area contributed by atoms with Gasteiger partial charge in [0.1, 0.15) is 11.5 Å². The van der Waals surface area contributed by atoms with Crippen LogP contribution in [0.2, 0.25) is 0 Å². The number of rotatable bonds is 5. The van der Waals surface area contributed by atoms with E-state index in [1.165, 1.54) is 0 Å². The Morgan fingerprint density at radius 3 is 2.80 bits per heavy atom. The molecule has 1 aromatic rings. The first kappa shape index (κ1) is 17.3. The van der Waals surface area contributed by atoms with E-state index in [9.17, 15) is 9.59 Å². The average molecular weight is 349 g/mol. The molecule has 8 nitrogen and oxygen atoms in total. The first-order valence-electron chi connectivity index (χ1n) is 8.40. The van der Waals surface area contributed by atoms with Crippen LogP contribution in [-0.4, -0.2) is 67.9 Å². The van der Waals surface area contributed by atoms with Gasteiger partial charge in [-0.1, -0.05) is 0 Å². The molecular weight excluding hydrogens is 326 g/mol. The van der Waals surface area contributed by atoms with Gasteiger partial charge in [0.2, 0.25) is 0 Å². The number of amides is 2. The van der Waals surface area contributed by atoms with Crippen LogP contribution in [0.15, 0.2) is 18.2 Å². The lowest BCUT2D eigenvalue weighted by atomic mass is 10.1. The Kier molecular flexibility index (Phi) is 5.28. The third kappa shape index (κ3) is 4.14. The standard InChI is InChI=1S/C17H23N3O5/c1-24-13-2-3-15-14(10-13)20(16(21)11-25-15)9-8-19-6-4-12(5-7-19)18-17(22)23/h2-3,10,12,18H,4-9,11H2,1H3,(H,22,23). The van der Waals surface area contributed by atoms with Gasteiger partial charge in [0.25, 0.3) is 5.91 Å². The van der Waals surface area contributed by atoms with E-state index in [1.54, 1.807) is 12.0 Å². The van der Waals surface area contributed by atoms with Crippen LogP contribution in [0.3, 0.4) is 0 Å². The van der Waals surface area contributed by atoms with E-state index >= 15 is 0 Å². The van der Waals surface area contributed by atoms with Crippen molar-refractivity contribution in [3.63, 3.8) is 0 Å². The number of benzene rings is 1. The maximum absolute atomic E-state index is 12.3. The Bertz CT molecular complexity index is 643. The van der Waals surface area contributed by atoms with Gasteiger partial charge in [-0.25, -0.2) is 4.79 Å². The Morgan fingerprint density at radius 1 is 1.36 bits per heavy atom. The molecule has 2 N–H and O–H groups in total. The van der Waals surface area contributed by atoms with Crippen molar-refractivity contribution < 1.29 is 24.2 Å². The SMILES string of the molecule is COc1ccc2c(c1)N(CCN1CCC(NC(=O)O)CC1)C(=O)CO2. The fourth-order valence-electron chi connectivity index (χ4n) is 3.27. The number of nitrogens with one attached hydrogen (secondary N) is 1. The van der Waals surface area contributed by atoms with Crippen LogP contribution in [0.25, 0.3) is 0 Å². The van der Waals surface area contributed by atoms with Crippen molar-refractivity contribution >= 4 is 17.7 Å². The molecule has 2 heterocycles. The monoisotopic (exact) mass is 349 g/mol. The summed E-state index contributed by atoms with van der Waals surface area (Å²) < 4.78 is 10.7. The quantitative estimate of drug-likeness (QED) is 0.829. The summed E-state index contributed by atoms with van der Waals surface area (Å²) in [5.74, 6) is 1.30. The first-order chi connectivity index (χ1) is 12.1. The fraction of sp³-hybridized carbons (Fsp3) is 0.529. The summed E-state index contributed by atoms with van der Waals surface area (Å²) in [6.07, 6.45) is 0.601. The highest BCUT2D eigenvalue weighted by molar-refractivity contribution is 5.98. The molecule has 136 valence electrons. The molecule has 2 amide bonds. The zero-order chi connectivity index (χ0) is 17.8. The highest BCUT2D eigenvalue weighted by atomic mass is 16.5. The van der Waals surface area contributed by atoms with Crippen molar-refractivity contribution in [1.29, 1.82) is 0 Å². The molecule has 8 heteroatoms. The van der Waals surface area contributed by atoms with Crippen LogP contribution in [0.1, 0.15) is 12.8 Å². The molecule has 0 radical (unpaired) electrons. The number of piperidine rings is 1. The smallest absolute Gasteiger partial charge is 0.404 e. The summed E-state index contributed by atoms with van der Waals surface area (Å²) in [6.45, 7) is 2.98. The minimum atomic E-state index is -0.970. The van der Waals surface area contributed by atoms with Gasteiger partial charge in [-0.2, -0.15) is 0 Å². The van der Waals surface area contributed by atoms with Crippen molar-refractivity contribution in [2.75, 3.05) is 44.8 Å². The molecule has 1 aromatic carbocycles. The highest BCUT2D eigenvalue weighted by Crippen LogP contribution is 2.35. The van der Waals surface area contributed by atoms with Crippen LogP contribution in [0.5, 0.6) is 11.5 Å². The van der Waals surface area contributed by atoms with Crippen molar-refractivity contribution in [3.8, 4) is 11.5 Å². The fourth-order valence-corrected chi connectivity index (χ4v) is 3.27. The minimum absolute atomic E-state index is 0.0174. The number of ether oxygens (including phenoxy) is 2. The number of carbonyl (C=O) groups excluding carboxylic acids is 1. The summed E-state index contributed by atoms with van der Waals surface area (Å²) in [4.78, 5) is 27.0. The number of carboxylic acid groups (broad SMARTS) is 1. The number of hydrogen-bond donors (Lipinski definition) is 2. The number of carbonyl (C=O) groups is 2. The molecule has 0 aliphatic carbocycles. The van der Waals surface area contributed by atoms with E-state index in [0.717, 1.165) is 38.2 Å². The van der Waals surface area contributed by atoms with Gasteiger partial charge >= 0.3 is 6.09 Å². The van der Waals surface area contributed by atoms with Gasteiger partial charge in [0, 0.05) is 38.3 Å². The van der Waals surface area contributed by atoms with E-state index in [-0.39, 0.29) is 18.6 Å². The lowest BCUT2D eigenvalue weighted by molar-refractivity contribution is -0.121. The van der Waals surface area contributed by atoms with Crippen molar-refractivity contribution in [3.05, 3.63) is 18.2 Å². The van der Waals surface area contributed by atoms with Gasteiger partial charge < -0.3 is 29.7 Å². The third-order valence-electron chi connectivity index (χ3n) is 4.66. The number of methoxy groups -OCH3 is 1. The largest absolute Gasteiger partial charge is 0.497 e. The van der Waals surface area contributed by atoms with Crippen LogP contribution in [0.4, 0.5) is 10.5 Å². The van der Waals surface area contributed by atoms with Crippen molar-refractivity contribution in [2.45, 2.75) is 18.9 Å². The lowest BCUT2D eigenvalue weighted by Gasteiger charge is -2.35. The molecule has 0 unspecified atom stereocenters. The highest BCUT2D eigenvalue weighted by Gasteiger charge is 2.27. The second-order valence-electron chi connectivity index (χ2n) is 6.23. The molecular formula is C17H23N3O5. The lowest BCUT2D eigenvalue weighted by Crippen LogP contribution is -2.48. The second kappa shape index (κ2) is 7.60. The van der Waals surface area contributed by atoms with Gasteiger partial charge in [-0.3, -0.25) is 4.79 Å². The predicted octanol–water partition coefficient (Wildman–Crippen LogP) is 1.15. The molecule has 0 saturated carbocycles. The summed E-state index contributed by atoms with van der Waals surface area (Å²) in [6, 6.07) is 5.46. The molecule has 3 rings (SSSR count). The minimum Gasteiger partial charge on any atom is -0.497 e. The number of fused-ring (bicyclic) bond motifs is 1. The van der Waals surface area contributed by atoms with E-state index < -0.39 is 6.09 Å². The summed E-state index contributed by atoms with van der Waals surface area (Å²) >= 11 is 0. The molecule has 1 saturated heterocycles. The molecule has 0 atom stereocenters. The number of anilines is 1. The normalized spacial score (nSPS) is 18.4. The Hall–Kier alpha value is -2.48. The van der Waals surface area contributed by atoms with Crippen molar-refractivity contribution in [1.82, 2.24) is 10.2 Å². The Morgan fingerprint density at radius 2 is 2.12 bits per heavy atom. The van der Waals surface area contributed by atoms with E-state index in [1.807, 2.05) is 18.2 Å². The van der Waals surface area contributed by atoms with Gasteiger partial charge in [-0.15, -0.1) is 0 Å². The maximum Gasteiger partial charge on any atom is 0.404 e. The van der Waals surface area contributed by atoms with Crippen molar-refractivity contribution in [2.24, 2.45) is 0 Å². The van der Waals surface area contributed by atoms with E-state index in [2.05, 4.69) is 10.2 Å². The topological polar surface area (TPSA) is 91.3 Å². The van der Waals surface area contributed by atoms with Gasteiger partial charge in [-0.05, 0) is 25.0 Å². The summed E-state index contributed by atoms with van der Waals surface area (Å²) in [7, 11) is 1.59. The Balaban J connectivity index is 1.58. The zero-order valence-corrected chi connectivity index (χ0v) is 14.2. The van der Waals surface area contributed by atoms with Gasteiger partial charge in [0.05, 0.1) is 12.8 Å². The average Bonchev–Trinajstić information content (AvgIpc) is 2.61. The molecule has 1 fully saturated rings. The molecule has 25 heavy (non-hydrogen) atoms. The van der Waals surface area contributed by atoms with Crippen LogP contribution >= 0.6 is 0 Å². The molecule has 2 aliphatic heterocycles. The number of nitrogens with zero attached hydrogens (tertiary/aromatic N) is 2. The van der Waals surface area contributed by atoms with Crippen LogP contribution < -0.4 is 19.7 Å². The second-order valence-corrected chi connectivity index (χ2v) is 6.23. The predicted molar refractivity (Wildman–Crippen MR) is 91.5 cm³/mol. The molecule has 2 aliphatic rings. The van der Waals surface area contributed by atoms with E-state index in [4.69, 9.17) is 14.6 Å². The van der Waals surface area contributed by atoms with Gasteiger partial charge in [0.15, 0.2) is 6.61 Å². The molecule has 0 bridgehead atoms. The number of likely N-dealkylation sites (tertiary alicyclic amines) is 1. The maximum atomic E-state index is 12.3. The molecule has 0 aromatic heterocycles. The Labute approximate surface area is 146 Å². The van der Waals surface area contributed by atoms with Crippen LogP contribution in [-0.2, 0) is 4.79 Å². The first-order valence-corrected chi connectivity index (χ1v) is 8.40. The zero-order valence-electron chi connectivity index (χ0n) is 14.2. The third-order valence-corrected chi connectivity index (χ3v) is 4.66. The van der Waals surface area contributed by atoms with Crippen LogP contribution in [0, 0.1) is 0 Å². The molecule has 0 spiro atoms. The number of hydrogen-bond acceptors (Lipinski definition) is 5. The summed E-state index contributed by atoms with van der Waals surface area (Å²) in [5.41, 5.74) is 0.734. The van der Waals surface area contributed by atoms with E-state index in [0.29, 0.717) is 18.0 Å². The summed E-state index contributed by atoms with van der Waals surface area (Å²) in [5, 5.41) is 11.3.